The van der Waals surface area contributed by atoms with E-state index >= 15 is 0 Å². The predicted octanol–water partition coefficient (Wildman–Crippen LogP) is 4.13. The standard InChI is InChI=1S/C20H30O2/c1-12-10-14-15-4-5-18(22)20(15,3)9-7-16(14)19(2)8-6-13(21)11-17(12)19/h13-17,21H,1,4-11H2,2-3H3/t13-,14-,15-,16-,17+,19+,20-/m0/s1. The molecule has 2 heteroatoms. The highest BCUT2D eigenvalue weighted by molar-refractivity contribution is 5.87. The summed E-state index contributed by atoms with van der Waals surface area (Å²) >= 11 is 0. The van der Waals surface area contributed by atoms with Crippen molar-refractivity contribution in [2.75, 3.05) is 0 Å². The summed E-state index contributed by atoms with van der Waals surface area (Å²) in [7, 11) is 0. The number of carbonyl (C=O) groups is 1. The number of aliphatic hydroxyl groups excluding tert-OH is 1. The lowest BCUT2D eigenvalue weighted by Gasteiger charge is -2.60. The van der Waals surface area contributed by atoms with E-state index in [0.717, 1.165) is 50.9 Å². The Bertz CT molecular complexity index is 524. The third-order valence-corrected chi connectivity index (χ3v) is 8.30. The van der Waals surface area contributed by atoms with Crippen molar-refractivity contribution in [3.8, 4) is 0 Å². The molecule has 0 aliphatic heterocycles. The number of aliphatic hydroxyl groups is 1. The minimum Gasteiger partial charge on any atom is -0.393 e. The normalized spacial score (nSPS) is 54.6. The number of Topliss-reactive ketones (excluding diaryl/α,β-unsaturated/α-hetero) is 1. The van der Waals surface area contributed by atoms with Crippen molar-refractivity contribution in [1.29, 1.82) is 0 Å². The first kappa shape index (κ1) is 14.9. The molecule has 4 aliphatic rings. The second-order valence-electron chi connectivity index (χ2n) is 9.14. The second kappa shape index (κ2) is 4.69. The molecule has 22 heavy (non-hydrogen) atoms. The van der Waals surface area contributed by atoms with Gasteiger partial charge in [0.1, 0.15) is 5.78 Å². The minimum atomic E-state index is -0.131. The van der Waals surface area contributed by atoms with Crippen LogP contribution in [0.5, 0.6) is 0 Å². The van der Waals surface area contributed by atoms with Gasteiger partial charge in [-0.15, -0.1) is 0 Å². The largest absolute Gasteiger partial charge is 0.393 e. The molecule has 0 aromatic heterocycles. The third kappa shape index (κ3) is 1.79. The highest BCUT2D eigenvalue weighted by Crippen LogP contribution is 2.66. The van der Waals surface area contributed by atoms with Crippen LogP contribution in [0.15, 0.2) is 12.2 Å². The van der Waals surface area contributed by atoms with Gasteiger partial charge in [-0.1, -0.05) is 26.0 Å². The number of carbonyl (C=O) groups excluding carboxylic acids is 1. The molecule has 7 atom stereocenters. The zero-order valence-corrected chi connectivity index (χ0v) is 14.1. The average molecular weight is 302 g/mol. The van der Waals surface area contributed by atoms with Gasteiger partial charge in [-0.2, -0.15) is 0 Å². The second-order valence-corrected chi connectivity index (χ2v) is 9.14. The molecule has 1 N–H and O–H groups in total. The van der Waals surface area contributed by atoms with Crippen LogP contribution in [0.1, 0.15) is 65.2 Å². The van der Waals surface area contributed by atoms with Gasteiger partial charge in [-0.3, -0.25) is 4.79 Å². The maximum atomic E-state index is 12.4. The van der Waals surface area contributed by atoms with Crippen molar-refractivity contribution in [2.24, 2.45) is 34.5 Å². The fourth-order valence-electron chi connectivity index (χ4n) is 6.99. The van der Waals surface area contributed by atoms with Crippen molar-refractivity contribution in [3.63, 3.8) is 0 Å². The zero-order chi connectivity index (χ0) is 15.7. The molecule has 2 nitrogen and oxygen atoms in total. The van der Waals surface area contributed by atoms with E-state index in [2.05, 4.69) is 20.4 Å². The lowest BCUT2D eigenvalue weighted by atomic mass is 9.44. The molecule has 0 radical (unpaired) electrons. The fourth-order valence-corrected chi connectivity index (χ4v) is 6.99. The molecule has 4 saturated carbocycles. The van der Waals surface area contributed by atoms with Crippen LogP contribution in [0.2, 0.25) is 0 Å². The maximum absolute atomic E-state index is 12.4. The Hall–Kier alpha value is -0.630. The summed E-state index contributed by atoms with van der Waals surface area (Å²) < 4.78 is 0. The first-order chi connectivity index (χ1) is 10.4. The van der Waals surface area contributed by atoms with Crippen LogP contribution in [0.4, 0.5) is 0 Å². The van der Waals surface area contributed by atoms with E-state index in [1.165, 1.54) is 12.0 Å². The smallest absolute Gasteiger partial charge is 0.139 e. The number of rotatable bonds is 0. The van der Waals surface area contributed by atoms with Gasteiger partial charge in [-0.25, -0.2) is 0 Å². The third-order valence-electron chi connectivity index (χ3n) is 8.30. The van der Waals surface area contributed by atoms with Crippen molar-refractivity contribution >= 4 is 5.78 Å². The number of hydrogen-bond acceptors (Lipinski definition) is 2. The predicted molar refractivity (Wildman–Crippen MR) is 87.3 cm³/mol. The summed E-state index contributed by atoms with van der Waals surface area (Å²) in [6, 6.07) is 0. The van der Waals surface area contributed by atoms with Gasteiger partial charge in [0.05, 0.1) is 6.10 Å². The van der Waals surface area contributed by atoms with Crippen LogP contribution < -0.4 is 0 Å². The van der Waals surface area contributed by atoms with Crippen molar-refractivity contribution in [2.45, 2.75) is 71.3 Å². The quantitative estimate of drug-likeness (QED) is 0.683. The Kier molecular flexibility index (Phi) is 3.18. The lowest BCUT2D eigenvalue weighted by Crippen LogP contribution is -2.54. The summed E-state index contributed by atoms with van der Waals surface area (Å²) in [6.45, 7) is 9.13. The SMILES string of the molecule is C=C1C[C@@H]2[C@H](CC[C@]3(C)C(=O)CC[C@@H]23)[C@@]2(C)CC[C@H](O)C[C@H]12. The van der Waals surface area contributed by atoms with Crippen molar-refractivity contribution in [1.82, 2.24) is 0 Å². The van der Waals surface area contributed by atoms with Crippen LogP contribution in [-0.4, -0.2) is 17.0 Å². The van der Waals surface area contributed by atoms with Gasteiger partial charge in [-0.05, 0) is 74.0 Å². The summed E-state index contributed by atoms with van der Waals surface area (Å²) in [5.74, 6) is 3.00. The van der Waals surface area contributed by atoms with E-state index in [1.807, 2.05) is 0 Å². The fraction of sp³-hybridized carbons (Fsp3) is 0.850. The molecular formula is C20H30O2. The van der Waals surface area contributed by atoms with Crippen molar-refractivity contribution < 1.29 is 9.90 Å². The Morgan fingerprint density at radius 2 is 1.91 bits per heavy atom. The number of ketones is 1. The highest BCUT2D eigenvalue weighted by Gasteiger charge is 2.60. The van der Waals surface area contributed by atoms with Gasteiger partial charge in [0.2, 0.25) is 0 Å². The molecule has 0 heterocycles. The van der Waals surface area contributed by atoms with E-state index in [9.17, 15) is 9.90 Å². The van der Waals surface area contributed by atoms with Gasteiger partial charge in [0.15, 0.2) is 0 Å². The molecular weight excluding hydrogens is 272 g/mol. The van der Waals surface area contributed by atoms with Crippen LogP contribution in [0.25, 0.3) is 0 Å². The van der Waals surface area contributed by atoms with Gasteiger partial charge >= 0.3 is 0 Å². The Morgan fingerprint density at radius 3 is 2.68 bits per heavy atom. The van der Waals surface area contributed by atoms with Crippen LogP contribution >= 0.6 is 0 Å². The maximum Gasteiger partial charge on any atom is 0.139 e. The van der Waals surface area contributed by atoms with E-state index in [0.29, 0.717) is 29.0 Å². The molecule has 0 aromatic carbocycles. The average Bonchev–Trinajstić information content (AvgIpc) is 2.77. The van der Waals surface area contributed by atoms with Crippen LogP contribution in [0, 0.1) is 34.5 Å². The van der Waals surface area contributed by atoms with Crippen LogP contribution in [0.3, 0.4) is 0 Å². The Balaban J connectivity index is 1.69. The highest BCUT2D eigenvalue weighted by atomic mass is 16.3. The van der Waals surface area contributed by atoms with Crippen LogP contribution in [-0.2, 0) is 4.79 Å². The zero-order valence-electron chi connectivity index (χ0n) is 14.1. The van der Waals surface area contributed by atoms with E-state index in [4.69, 9.17) is 0 Å². The molecule has 122 valence electrons. The van der Waals surface area contributed by atoms with Gasteiger partial charge < -0.3 is 5.11 Å². The Morgan fingerprint density at radius 1 is 1.14 bits per heavy atom. The summed E-state index contributed by atoms with van der Waals surface area (Å²) in [5.41, 5.74) is 1.64. The molecule has 0 saturated heterocycles. The van der Waals surface area contributed by atoms with Gasteiger partial charge in [0, 0.05) is 11.8 Å². The number of fused-ring (bicyclic) bond motifs is 5. The molecule has 0 spiro atoms. The monoisotopic (exact) mass is 302 g/mol. The van der Waals surface area contributed by atoms with Crippen molar-refractivity contribution in [3.05, 3.63) is 12.2 Å². The van der Waals surface area contributed by atoms with E-state index < -0.39 is 0 Å². The minimum absolute atomic E-state index is 0.0428. The van der Waals surface area contributed by atoms with E-state index in [-0.39, 0.29) is 11.5 Å². The summed E-state index contributed by atoms with van der Waals surface area (Å²) in [6.07, 6.45) is 8.18. The summed E-state index contributed by atoms with van der Waals surface area (Å²) in [5, 5.41) is 10.1. The molecule has 0 unspecified atom stereocenters. The molecule has 4 rings (SSSR count). The molecule has 0 bridgehead atoms. The Labute approximate surface area is 134 Å². The molecule has 4 aliphatic carbocycles. The molecule has 4 fully saturated rings. The number of hydrogen-bond donors (Lipinski definition) is 1. The molecule has 0 amide bonds. The lowest BCUT2D eigenvalue weighted by molar-refractivity contribution is -0.136. The van der Waals surface area contributed by atoms with E-state index in [1.54, 1.807) is 0 Å². The summed E-state index contributed by atoms with van der Waals surface area (Å²) in [4.78, 5) is 12.4. The molecule has 0 aromatic rings. The van der Waals surface area contributed by atoms with Gasteiger partial charge in [0.25, 0.3) is 0 Å². The topological polar surface area (TPSA) is 37.3 Å². The first-order valence-electron chi connectivity index (χ1n) is 9.25. The number of allylic oxidation sites excluding steroid dienone is 1. The first-order valence-corrected chi connectivity index (χ1v) is 9.25.